The molecule has 0 aliphatic heterocycles. The second kappa shape index (κ2) is 6.62. The Labute approximate surface area is 138 Å². The molecule has 2 aromatic carbocycles. The number of benzene rings is 2. The molecule has 0 bridgehead atoms. The van der Waals surface area contributed by atoms with Crippen LogP contribution >= 0.6 is 0 Å². The van der Waals surface area contributed by atoms with Crippen LogP contribution in [0, 0.1) is 6.92 Å². The highest BCUT2D eigenvalue weighted by molar-refractivity contribution is 5.76. The first-order valence-corrected chi connectivity index (χ1v) is 7.46. The maximum Gasteiger partial charge on any atom is 0.420 e. The standard InChI is InChI=1S/C18H17NO5/c1-12-7-8-15(22-2)13(9-12)11-23-17(20)10-19-14-5-3-4-6-16(14)24-18(19)21/h3-9H,10-11H2,1-2H3. The quantitative estimate of drug-likeness (QED) is 0.674. The summed E-state index contributed by atoms with van der Waals surface area (Å²) >= 11 is 0. The number of aryl methyl sites for hydroxylation is 1. The molecule has 0 atom stereocenters. The molecule has 0 aliphatic carbocycles. The van der Waals surface area contributed by atoms with Crippen molar-refractivity contribution in [1.82, 2.24) is 4.57 Å². The van der Waals surface area contributed by atoms with Crippen molar-refractivity contribution in [3.8, 4) is 5.75 Å². The molecule has 0 unspecified atom stereocenters. The monoisotopic (exact) mass is 327 g/mol. The van der Waals surface area contributed by atoms with Gasteiger partial charge in [-0.15, -0.1) is 0 Å². The first-order chi connectivity index (χ1) is 11.6. The van der Waals surface area contributed by atoms with Crippen molar-refractivity contribution in [2.75, 3.05) is 7.11 Å². The van der Waals surface area contributed by atoms with Crippen molar-refractivity contribution in [3.05, 3.63) is 64.1 Å². The van der Waals surface area contributed by atoms with Crippen molar-refractivity contribution in [1.29, 1.82) is 0 Å². The number of rotatable bonds is 5. The molecular formula is C18H17NO5. The zero-order valence-corrected chi connectivity index (χ0v) is 13.4. The Kier molecular flexibility index (Phi) is 4.37. The van der Waals surface area contributed by atoms with Gasteiger partial charge in [-0.05, 0) is 31.2 Å². The third-order valence-electron chi connectivity index (χ3n) is 3.69. The highest BCUT2D eigenvalue weighted by Crippen LogP contribution is 2.20. The zero-order chi connectivity index (χ0) is 17.1. The Balaban J connectivity index is 1.73. The lowest BCUT2D eigenvalue weighted by molar-refractivity contribution is -0.145. The average Bonchev–Trinajstić information content (AvgIpc) is 2.89. The van der Waals surface area contributed by atoms with Crippen LogP contribution in [-0.2, 0) is 22.7 Å². The van der Waals surface area contributed by atoms with Gasteiger partial charge in [0.15, 0.2) is 5.58 Å². The summed E-state index contributed by atoms with van der Waals surface area (Å²) in [6.07, 6.45) is 0. The molecule has 0 aliphatic rings. The van der Waals surface area contributed by atoms with Crippen molar-refractivity contribution in [2.45, 2.75) is 20.1 Å². The van der Waals surface area contributed by atoms with Gasteiger partial charge in [-0.3, -0.25) is 9.36 Å². The summed E-state index contributed by atoms with van der Waals surface area (Å²) in [5, 5.41) is 0. The van der Waals surface area contributed by atoms with Crippen molar-refractivity contribution in [2.24, 2.45) is 0 Å². The van der Waals surface area contributed by atoms with Crippen LogP contribution in [0.1, 0.15) is 11.1 Å². The first kappa shape index (κ1) is 15.9. The number of fused-ring (bicyclic) bond motifs is 1. The minimum atomic E-state index is -0.582. The first-order valence-electron chi connectivity index (χ1n) is 7.46. The molecule has 0 radical (unpaired) electrons. The van der Waals surface area contributed by atoms with Gasteiger partial charge in [0.1, 0.15) is 18.9 Å². The molecule has 124 valence electrons. The molecule has 0 amide bonds. The summed E-state index contributed by atoms with van der Waals surface area (Å²) in [4.78, 5) is 24.0. The zero-order valence-electron chi connectivity index (χ0n) is 13.4. The number of carbonyl (C=O) groups is 1. The van der Waals surface area contributed by atoms with Gasteiger partial charge in [-0.2, -0.15) is 0 Å². The van der Waals surface area contributed by atoms with E-state index in [1.165, 1.54) is 4.57 Å². The number of oxazole rings is 1. The van der Waals surface area contributed by atoms with E-state index in [1.807, 2.05) is 25.1 Å². The van der Waals surface area contributed by atoms with Gasteiger partial charge in [0.2, 0.25) is 0 Å². The number of methoxy groups -OCH3 is 1. The summed E-state index contributed by atoms with van der Waals surface area (Å²) in [5.74, 6) is -0.451. The van der Waals surface area contributed by atoms with Crippen LogP contribution in [-0.4, -0.2) is 17.6 Å². The van der Waals surface area contributed by atoms with E-state index < -0.39 is 11.7 Å². The normalized spacial score (nSPS) is 10.8. The van der Waals surface area contributed by atoms with E-state index in [0.717, 1.165) is 11.1 Å². The van der Waals surface area contributed by atoms with Crippen LogP contribution in [0.3, 0.4) is 0 Å². The van der Waals surface area contributed by atoms with Gasteiger partial charge in [0.25, 0.3) is 0 Å². The fourth-order valence-electron chi connectivity index (χ4n) is 2.52. The van der Waals surface area contributed by atoms with Crippen LogP contribution in [0.25, 0.3) is 11.1 Å². The van der Waals surface area contributed by atoms with Crippen LogP contribution in [0.5, 0.6) is 5.75 Å². The number of hydrogen-bond acceptors (Lipinski definition) is 5. The highest BCUT2D eigenvalue weighted by atomic mass is 16.5. The third kappa shape index (κ3) is 3.17. The molecule has 0 N–H and O–H groups in total. The van der Waals surface area contributed by atoms with Crippen molar-refractivity contribution >= 4 is 17.1 Å². The van der Waals surface area contributed by atoms with Gasteiger partial charge < -0.3 is 13.9 Å². The average molecular weight is 327 g/mol. The molecule has 3 aromatic rings. The minimum Gasteiger partial charge on any atom is -0.496 e. The summed E-state index contributed by atoms with van der Waals surface area (Å²) in [6.45, 7) is 1.82. The Bertz CT molecular complexity index is 938. The van der Waals surface area contributed by atoms with E-state index in [-0.39, 0.29) is 13.2 Å². The molecule has 24 heavy (non-hydrogen) atoms. The van der Waals surface area contributed by atoms with Crippen LogP contribution in [0.4, 0.5) is 0 Å². The number of aromatic nitrogens is 1. The van der Waals surface area contributed by atoms with Gasteiger partial charge in [0, 0.05) is 5.56 Å². The van der Waals surface area contributed by atoms with E-state index in [1.54, 1.807) is 31.4 Å². The number of esters is 1. The molecule has 1 aromatic heterocycles. The second-order valence-electron chi connectivity index (χ2n) is 5.40. The largest absolute Gasteiger partial charge is 0.496 e. The molecular weight excluding hydrogens is 310 g/mol. The Morgan fingerprint density at radius 3 is 2.79 bits per heavy atom. The minimum absolute atomic E-state index is 0.0776. The number of hydrogen-bond donors (Lipinski definition) is 0. The van der Waals surface area contributed by atoms with Crippen LogP contribution in [0.15, 0.2) is 51.7 Å². The lowest BCUT2D eigenvalue weighted by Crippen LogP contribution is -2.21. The smallest absolute Gasteiger partial charge is 0.420 e. The van der Waals surface area contributed by atoms with E-state index >= 15 is 0 Å². The number of nitrogens with zero attached hydrogens (tertiary/aromatic N) is 1. The molecule has 0 spiro atoms. The van der Waals surface area contributed by atoms with Crippen LogP contribution < -0.4 is 10.5 Å². The second-order valence-corrected chi connectivity index (χ2v) is 5.40. The fraction of sp³-hybridized carbons (Fsp3) is 0.222. The molecule has 0 saturated carbocycles. The summed E-state index contributed by atoms with van der Waals surface area (Å²) in [5.41, 5.74) is 2.82. The van der Waals surface area contributed by atoms with Gasteiger partial charge in [-0.1, -0.05) is 23.8 Å². The van der Waals surface area contributed by atoms with E-state index in [0.29, 0.717) is 16.8 Å². The van der Waals surface area contributed by atoms with Gasteiger partial charge >= 0.3 is 11.7 Å². The number of carbonyl (C=O) groups excluding carboxylic acids is 1. The maximum absolute atomic E-state index is 12.1. The molecule has 0 fully saturated rings. The van der Waals surface area contributed by atoms with Crippen molar-refractivity contribution < 1.29 is 18.7 Å². The van der Waals surface area contributed by atoms with Gasteiger partial charge in [0.05, 0.1) is 12.6 Å². The highest BCUT2D eigenvalue weighted by Gasteiger charge is 2.14. The SMILES string of the molecule is COc1ccc(C)cc1COC(=O)Cn1c(=O)oc2ccccc21. The molecule has 6 heteroatoms. The lowest BCUT2D eigenvalue weighted by atomic mass is 10.1. The topological polar surface area (TPSA) is 70.7 Å². The summed E-state index contributed by atoms with van der Waals surface area (Å²) in [6, 6.07) is 12.6. The lowest BCUT2D eigenvalue weighted by Gasteiger charge is -2.10. The maximum atomic E-state index is 12.1. The summed E-state index contributed by atoms with van der Waals surface area (Å²) < 4.78 is 16.9. The fourth-order valence-corrected chi connectivity index (χ4v) is 2.52. The Morgan fingerprint density at radius 1 is 1.21 bits per heavy atom. The third-order valence-corrected chi connectivity index (χ3v) is 3.69. The summed E-state index contributed by atoms with van der Waals surface area (Å²) in [7, 11) is 1.56. The van der Waals surface area contributed by atoms with E-state index in [2.05, 4.69) is 0 Å². The predicted octanol–water partition coefficient (Wildman–Crippen LogP) is 2.65. The Hall–Kier alpha value is -3.02. The van der Waals surface area contributed by atoms with Gasteiger partial charge in [-0.25, -0.2) is 4.79 Å². The predicted molar refractivity (Wildman–Crippen MR) is 88.0 cm³/mol. The van der Waals surface area contributed by atoms with E-state index in [4.69, 9.17) is 13.9 Å². The Morgan fingerprint density at radius 2 is 2.00 bits per heavy atom. The molecule has 1 heterocycles. The van der Waals surface area contributed by atoms with Crippen LogP contribution in [0.2, 0.25) is 0 Å². The van der Waals surface area contributed by atoms with Crippen molar-refractivity contribution in [3.63, 3.8) is 0 Å². The number of ether oxygens (including phenoxy) is 2. The molecule has 6 nitrogen and oxygen atoms in total. The van der Waals surface area contributed by atoms with E-state index in [9.17, 15) is 9.59 Å². The molecule has 0 saturated heterocycles. The number of para-hydroxylation sites is 2. The molecule has 3 rings (SSSR count).